The van der Waals surface area contributed by atoms with Gasteiger partial charge in [-0.25, -0.2) is 20.0 Å². The Morgan fingerprint density at radius 3 is 0.948 bits per heavy atom. The summed E-state index contributed by atoms with van der Waals surface area (Å²) in [5, 5.41) is 0. The third kappa shape index (κ3) is 6.91. The Morgan fingerprint density at radius 2 is 0.655 bits per heavy atom. The highest BCUT2D eigenvalue weighted by Crippen LogP contribution is 2.43. The molecule has 6 nitrogen and oxygen atoms in total. The number of allylic oxidation sites excluding steroid dienone is 12. The number of nitrogens with zero attached hydrogens (tertiary/aromatic N) is 4. The van der Waals surface area contributed by atoms with Crippen molar-refractivity contribution in [2.45, 2.75) is 13.8 Å². The second-order valence-corrected chi connectivity index (χ2v) is 17.2. The van der Waals surface area contributed by atoms with E-state index in [-0.39, 0.29) is 11.6 Å². The first kappa shape index (κ1) is 38.3. The summed E-state index contributed by atoms with van der Waals surface area (Å²) in [6.07, 6.45) is 16.1. The van der Waals surface area contributed by atoms with Crippen LogP contribution >= 0.6 is 63.7 Å². The van der Waals surface area contributed by atoms with Crippen molar-refractivity contribution < 1.29 is 9.59 Å². The second-order valence-electron chi connectivity index (χ2n) is 13.8. The summed E-state index contributed by atoms with van der Waals surface area (Å²) in [6, 6.07) is 27.1. The lowest BCUT2D eigenvalue weighted by Crippen LogP contribution is -2.05. The Morgan fingerprint density at radius 1 is 0.379 bits per heavy atom. The molecule has 0 N–H and O–H groups in total. The van der Waals surface area contributed by atoms with Gasteiger partial charge in [0.15, 0.2) is 11.6 Å². The highest BCUT2D eigenvalue weighted by atomic mass is 79.9. The van der Waals surface area contributed by atoms with E-state index in [4.69, 9.17) is 20.0 Å². The summed E-state index contributed by atoms with van der Waals surface area (Å²) < 4.78 is 3.50. The van der Waals surface area contributed by atoms with Crippen molar-refractivity contribution in [3.8, 4) is 0 Å². The van der Waals surface area contributed by atoms with E-state index >= 15 is 0 Å². The van der Waals surface area contributed by atoms with E-state index in [1.165, 1.54) is 0 Å². The number of rotatable bonds is 6. The highest BCUT2D eigenvalue weighted by molar-refractivity contribution is 9.11. The monoisotopic (exact) mass is 1010 g/mol. The van der Waals surface area contributed by atoms with Crippen LogP contribution in [-0.2, 0) is 0 Å². The smallest absolute Gasteiger partial charge is 0.159 e. The molecule has 0 aliphatic carbocycles. The zero-order valence-electron chi connectivity index (χ0n) is 30.8. The SMILES string of the molecule is CC(=O)c1ccc(C2=C3C=CC(=N3)C(c3c(Br)cccc3Br)=C3C=CC(=N3)C(c3ccc(C(C)=O)cc3)=C3C=CC(=N3)C(c3c(Br)cccc3Br)=C3C=CC2=N3)cc1. The van der Waals surface area contributed by atoms with Gasteiger partial charge in [0, 0.05) is 62.4 Å². The van der Waals surface area contributed by atoms with E-state index in [0.29, 0.717) is 33.9 Å². The van der Waals surface area contributed by atoms with Gasteiger partial charge in [0.2, 0.25) is 0 Å². The normalized spacial score (nSPS) is 16.8. The maximum Gasteiger partial charge on any atom is 0.159 e. The minimum absolute atomic E-state index is 0.00916. The third-order valence-corrected chi connectivity index (χ3v) is 12.8. The fourth-order valence-corrected chi connectivity index (χ4v) is 10.2. The maximum absolute atomic E-state index is 12.3. The van der Waals surface area contributed by atoms with Gasteiger partial charge in [-0.05, 0) is 97.8 Å². The van der Waals surface area contributed by atoms with Crippen LogP contribution in [0.4, 0.5) is 0 Å². The van der Waals surface area contributed by atoms with Crippen LogP contribution in [0.2, 0.25) is 0 Å². The Kier molecular flexibility index (Phi) is 10.2. The van der Waals surface area contributed by atoms with Crippen LogP contribution in [-0.4, -0.2) is 34.4 Å². The number of hydrogen-bond acceptors (Lipinski definition) is 6. The fourth-order valence-electron chi connectivity index (χ4n) is 7.41. The quantitative estimate of drug-likeness (QED) is 0.180. The van der Waals surface area contributed by atoms with Crippen molar-refractivity contribution in [1.29, 1.82) is 0 Å². The van der Waals surface area contributed by atoms with Gasteiger partial charge in [-0.2, -0.15) is 0 Å². The molecule has 0 aromatic heterocycles. The number of Topliss-reactive ketones (excluding diaryl/α,β-unsaturated/α-hetero) is 2. The molecular formula is C48H28Br4N4O2. The van der Waals surface area contributed by atoms with Crippen molar-refractivity contribution in [2.24, 2.45) is 20.0 Å². The summed E-state index contributed by atoms with van der Waals surface area (Å²) >= 11 is 15.3. The lowest BCUT2D eigenvalue weighted by molar-refractivity contribution is 0.100. The van der Waals surface area contributed by atoms with Gasteiger partial charge in [0.05, 0.1) is 45.6 Å². The Labute approximate surface area is 368 Å². The van der Waals surface area contributed by atoms with E-state index in [0.717, 1.165) is 85.3 Å². The Bertz CT molecular complexity index is 2710. The molecule has 0 saturated heterocycles. The van der Waals surface area contributed by atoms with Crippen molar-refractivity contribution in [2.75, 3.05) is 0 Å². The zero-order chi connectivity index (χ0) is 40.2. The van der Waals surface area contributed by atoms with Crippen molar-refractivity contribution in [3.05, 3.63) is 208 Å². The average Bonchev–Trinajstić information content (AvgIpc) is 4.05. The fraction of sp³-hybridized carbons (Fsp3) is 0.0417. The average molecular weight is 1010 g/mol. The molecule has 0 amide bonds. The molecule has 0 unspecified atom stereocenters. The summed E-state index contributed by atoms with van der Waals surface area (Å²) in [7, 11) is 0. The van der Waals surface area contributed by atoms with Crippen molar-refractivity contribution in [1.82, 2.24) is 0 Å². The van der Waals surface area contributed by atoms with Gasteiger partial charge in [-0.15, -0.1) is 0 Å². The lowest BCUT2D eigenvalue weighted by Gasteiger charge is -2.15. The third-order valence-electron chi connectivity index (χ3n) is 10.2. The number of halogens is 4. The molecule has 5 heterocycles. The number of carbonyl (C=O) groups is 2. The van der Waals surface area contributed by atoms with E-state index in [9.17, 15) is 9.59 Å². The van der Waals surface area contributed by atoms with E-state index in [2.05, 4.69) is 63.7 Å². The molecule has 10 heteroatoms. The summed E-state index contributed by atoms with van der Waals surface area (Å²) in [5.41, 5.74) is 13.8. The summed E-state index contributed by atoms with van der Waals surface area (Å²) in [4.78, 5) is 46.0. The number of fused-ring (bicyclic) bond motifs is 4. The van der Waals surface area contributed by atoms with Gasteiger partial charge in [-0.3, -0.25) is 9.59 Å². The van der Waals surface area contributed by atoms with Crippen LogP contribution in [0.15, 0.2) is 194 Å². The number of hydrogen-bond donors (Lipinski definition) is 0. The van der Waals surface area contributed by atoms with Gasteiger partial charge in [0.1, 0.15) is 0 Å². The molecule has 0 saturated carbocycles. The number of carbonyl (C=O) groups excluding carboxylic acids is 2. The summed E-state index contributed by atoms with van der Waals surface area (Å²) in [6.45, 7) is 3.13. The number of aliphatic imine (C=N–C) groups is 4. The van der Waals surface area contributed by atoms with Crippen LogP contribution < -0.4 is 0 Å². The number of ketones is 2. The second kappa shape index (κ2) is 15.5. The Balaban J connectivity index is 1.39. The standard InChI is InChI=1S/C48H28Br4N4O2/c1-25(57)27-9-13-29(14-10-27)43-35-17-21-39(53-35)47(45-31(49)5-3-6-32(45)50)41-23-19-37(55-41)44(30-15-11-28(12-16-30)26(2)58)38-20-24-42(56-38)48(40-22-18-36(43)54-40)46-33(51)7-4-8-34(46)52/h3-24H,1-2H3. The Hall–Kier alpha value is -5.26. The largest absolute Gasteiger partial charge is 0.295 e. The predicted octanol–water partition coefficient (Wildman–Crippen LogP) is 13.1. The molecule has 4 aromatic carbocycles. The molecule has 0 spiro atoms. The molecule has 4 aromatic rings. The molecule has 280 valence electrons. The molecule has 5 aliphatic rings. The predicted molar refractivity (Wildman–Crippen MR) is 251 cm³/mol. The van der Waals surface area contributed by atoms with E-state index < -0.39 is 0 Å². The first-order valence-electron chi connectivity index (χ1n) is 18.2. The van der Waals surface area contributed by atoms with Crippen LogP contribution in [0.5, 0.6) is 0 Å². The van der Waals surface area contributed by atoms with Gasteiger partial charge >= 0.3 is 0 Å². The molecular weight excluding hydrogens is 984 g/mol. The van der Waals surface area contributed by atoms with Gasteiger partial charge in [0.25, 0.3) is 0 Å². The molecule has 58 heavy (non-hydrogen) atoms. The van der Waals surface area contributed by atoms with Crippen LogP contribution in [0.25, 0.3) is 22.3 Å². The van der Waals surface area contributed by atoms with Crippen molar-refractivity contribution >= 4 is 120 Å². The van der Waals surface area contributed by atoms with Crippen molar-refractivity contribution in [3.63, 3.8) is 0 Å². The van der Waals surface area contributed by atoms with Crippen LogP contribution in [0.3, 0.4) is 0 Å². The minimum Gasteiger partial charge on any atom is -0.295 e. The van der Waals surface area contributed by atoms with E-state index in [1.807, 2.05) is 134 Å². The van der Waals surface area contributed by atoms with Gasteiger partial charge < -0.3 is 0 Å². The van der Waals surface area contributed by atoms with Crippen LogP contribution in [0.1, 0.15) is 56.8 Å². The summed E-state index contributed by atoms with van der Waals surface area (Å²) in [5.74, 6) is -0.0183. The number of benzene rings is 4. The maximum atomic E-state index is 12.3. The highest BCUT2D eigenvalue weighted by Gasteiger charge is 2.29. The van der Waals surface area contributed by atoms with Gasteiger partial charge in [-0.1, -0.05) is 124 Å². The molecule has 0 radical (unpaired) electrons. The lowest BCUT2D eigenvalue weighted by atomic mass is 9.97. The molecule has 8 bridgehead atoms. The molecule has 9 rings (SSSR count). The molecule has 0 atom stereocenters. The first-order valence-corrected chi connectivity index (χ1v) is 21.4. The van der Waals surface area contributed by atoms with E-state index in [1.54, 1.807) is 13.8 Å². The molecule has 5 aliphatic heterocycles. The molecule has 0 fully saturated rings. The zero-order valence-corrected chi connectivity index (χ0v) is 37.2. The minimum atomic E-state index is -0.00916. The first-order chi connectivity index (χ1) is 28.0. The topological polar surface area (TPSA) is 83.6 Å². The van der Waals surface area contributed by atoms with Crippen LogP contribution in [0, 0.1) is 0 Å².